The van der Waals surface area contributed by atoms with E-state index < -0.39 is 42.7 Å². The number of rotatable bonds is 4. The maximum absolute atomic E-state index is 12.1. The Morgan fingerprint density at radius 1 is 1.11 bits per heavy atom. The van der Waals surface area contributed by atoms with Crippen LogP contribution in [-0.2, 0) is 4.79 Å². The van der Waals surface area contributed by atoms with Crippen molar-refractivity contribution in [1.82, 2.24) is 5.32 Å². The van der Waals surface area contributed by atoms with Crippen LogP contribution in [0.4, 0.5) is 26.3 Å². The van der Waals surface area contributed by atoms with Crippen molar-refractivity contribution in [3.63, 3.8) is 0 Å². The molecule has 0 radical (unpaired) electrons. The van der Waals surface area contributed by atoms with Gasteiger partial charge in [0.15, 0.2) is 0 Å². The summed E-state index contributed by atoms with van der Waals surface area (Å²) in [4.78, 5) is 11.0. The van der Waals surface area contributed by atoms with E-state index in [4.69, 9.17) is 5.11 Å². The monoisotopic (exact) mass is 281 g/mol. The van der Waals surface area contributed by atoms with Crippen molar-refractivity contribution in [1.29, 1.82) is 0 Å². The SMILES string of the molecule is CC(C)(CO)CNC(=O)C(C(F)(F)F)C(F)(F)F. The summed E-state index contributed by atoms with van der Waals surface area (Å²) in [7, 11) is 0. The lowest BCUT2D eigenvalue weighted by molar-refractivity contribution is -0.274. The zero-order chi connectivity index (χ0) is 14.8. The standard InChI is InChI=1S/C9H13F6NO2/c1-7(2,4-17)3-16-6(18)5(8(10,11)12)9(13,14)15/h5,17H,3-4H2,1-2H3,(H,16,18). The maximum atomic E-state index is 12.1. The molecule has 0 heterocycles. The Bertz CT molecular complexity index is 282. The lowest BCUT2D eigenvalue weighted by atomic mass is 9.94. The molecule has 0 fully saturated rings. The fourth-order valence-electron chi connectivity index (χ4n) is 0.967. The topological polar surface area (TPSA) is 49.3 Å². The molecule has 1 amide bonds. The second kappa shape index (κ2) is 5.33. The van der Waals surface area contributed by atoms with Gasteiger partial charge in [0.1, 0.15) is 0 Å². The molecule has 108 valence electrons. The molecule has 0 aliphatic carbocycles. The van der Waals surface area contributed by atoms with Crippen LogP contribution in [-0.4, -0.2) is 36.5 Å². The third-order valence-corrected chi connectivity index (χ3v) is 2.09. The minimum atomic E-state index is -5.70. The molecule has 18 heavy (non-hydrogen) atoms. The Hall–Kier alpha value is -0.990. The molecule has 0 aromatic heterocycles. The number of nitrogens with one attached hydrogen (secondary N) is 1. The largest absolute Gasteiger partial charge is 0.409 e. The molecule has 0 aromatic carbocycles. The highest BCUT2D eigenvalue weighted by Gasteiger charge is 2.61. The molecule has 0 aliphatic heterocycles. The summed E-state index contributed by atoms with van der Waals surface area (Å²) in [6.45, 7) is 1.77. The van der Waals surface area contributed by atoms with Crippen LogP contribution in [0.15, 0.2) is 0 Å². The molecule has 0 unspecified atom stereocenters. The maximum Gasteiger partial charge on any atom is 0.409 e. The van der Waals surface area contributed by atoms with E-state index in [1.807, 2.05) is 0 Å². The number of carbonyl (C=O) groups is 1. The molecule has 2 N–H and O–H groups in total. The van der Waals surface area contributed by atoms with Crippen LogP contribution in [0.1, 0.15) is 13.8 Å². The normalized spacial score (nSPS) is 13.9. The Balaban J connectivity index is 4.82. The van der Waals surface area contributed by atoms with Crippen LogP contribution in [0.25, 0.3) is 0 Å². The number of halogens is 6. The molecule has 9 heteroatoms. The fourth-order valence-corrected chi connectivity index (χ4v) is 0.967. The van der Waals surface area contributed by atoms with Crippen molar-refractivity contribution in [3.05, 3.63) is 0 Å². The third-order valence-electron chi connectivity index (χ3n) is 2.09. The molecular weight excluding hydrogens is 268 g/mol. The van der Waals surface area contributed by atoms with Gasteiger partial charge in [-0.05, 0) is 0 Å². The van der Waals surface area contributed by atoms with Gasteiger partial charge in [0, 0.05) is 18.6 Å². The van der Waals surface area contributed by atoms with E-state index in [9.17, 15) is 31.1 Å². The second-order valence-electron chi connectivity index (χ2n) is 4.56. The molecule has 0 bridgehead atoms. The van der Waals surface area contributed by atoms with Crippen LogP contribution in [0, 0.1) is 11.3 Å². The highest BCUT2D eigenvalue weighted by atomic mass is 19.4. The van der Waals surface area contributed by atoms with Crippen molar-refractivity contribution in [3.8, 4) is 0 Å². The number of hydrogen-bond acceptors (Lipinski definition) is 2. The Morgan fingerprint density at radius 2 is 1.50 bits per heavy atom. The van der Waals surface area contributed by atoms with Gasteiger partial charge in [-0.15, -0.1) is 0 Å². The molecule has 0 saturated carbocycles. The summed E-state index contributed by atoms with van der Waals surface area (Å²) < 4.78 is 72.8. The van der Waals surface area contributed by atoms with E-state index in [2.05, 4.69) is 0 Å². The predicted molar refractivity (Wildman–Crippen MR) is 49.5 cm³/mol. The zero-order valence-corrected chi connectivity index (χ0v) is 9.61. The lowest BCUT2D eigenvalue weighted by Crippen LogP contribution is -2.49. The van der Waals surface area contributed by atoms with E-state index in [1.54, 1.807) is 5.32 Å². The van der Waals surface area contributed by atoms with Gasteiger partial charge >= 0.3 is 12.4 Å². The molecule has 0 spiro atoms. The van der Waals surface area contributed by atoms with Gasteiger partial charge in [0.2, 0.25) is 11.8 Å². The van der Waals surface area contributed by atoms with Gasteiger partial charge in [-0.2, -0.15) is 26.3 Å². The zero-order valence-electron chi connectivity index (χ0n) is 9.61. The average Bonchev–Trinajstić information content (AvgIpc) is 2.10. The lowest BCUT2D eigenvalue weighted by Gasteiger charge is -2.26. The summed E-state index contributed by atoms with van der Waals surface area (Å²) in [5.41, 5.74) is -1.00. The van der Waals surface area contributed by atoms with Crippen molar-refractivity contribution in [2.75, 3.05) is 13.2 Å². The minimum absolute atomic E-state index is 0.490. The minimum Gasteiger partial charge on any atom is -0.396 e. The number of alkyl halides is 6. The van der Waals surface area contributed by atoms with E-state index >= 15 is 0 Å². The van der Waals surface area contributed by atoms with Crippen LogP contribution < -0.4 is 5.32 Å². The van der Waals surface area contributed by atoms with E-state index in [0.717, 1.165) is 0 Å². The van der Waals surface area contributed by atoms with Crippen LogP contribution in [0.2, 0.25) is 0 Å². The van der Waals surface area contributed by atoms with Crippen molar-refractivity contribution in [2.45, 2.75) is 26.2 Å². The van der Waals surface area contributed by atoms with E-state index in [0.29, 0.717) is 0 Å². The van der Waals surface area contributed by atoms with E-state index in [-0.39, 0.29) is 0 Å². The quantitative estimate of drug-likeness (QED) is 0.773. The first-order chi connectivity index (χ1) is 7.81. The molecule has 0 atom stereocenters. The first-order valence-electron chi connectivity index (χ1n) is 4.83. The number of hydrogen-bond donors (Lipinski definition) is 2. The summed E-state index contributed by atoms with van der Waals surface area (Å²) >= 11 is 0. The third kappa shape index (κ3) is 5.11. The van der Waals surface area contributed by atoms with Gasteiger partial charge in [-0.25, -0.2) is 0 Å². The first kappa shape index (κ1) is 17.0. The summed E-state index contributed by atoms with van der Waals surface area (Å²) in [5, 5.41) is 10.3. The van der Waals surface area contributed by atoms with Crippen LogP contribution >= 0.6 is 0 Å². The van der Waals surface area contributed by atoms with Crippen molar-refractivity contribution in [2.24, 2.45) is 11.3 Å². The van der Waals surface area contributed by atoms with Gasteiger partial charge in [-0.3, -0.25) is 4.79 Å². The molecule has 0 aliphatic rings. The fraction of sp³-hybridized carbons (Fsp3) is 0.889. The first-order valence-corrected chi connectivity index (χ1v) is 4.83. The van der Waals surface area contributed by atoms with Crippen molar-refractivity contribution < 1.29 is 36.2 Å². The summed E-state index contributed by atoms with van der Waals surface area (Å²) in [5.74, 6) is -6.23. The van der Waals surface area contributed by atoms with Gasteiger partial charge in [0.25, 0.3) is 0 Å². The predicted octanol–water partition coefficient (Wildman–Crippen LogP) is 1.86. The second-order valence-corrected chi connectivity index (χ2v) is 4.56. The Kier molecular flexibility index (Phi) is 5.04. The van der Waals surface area contributed by atoms with Crippen LogP contribution in [0.3, 0.4) is 0 Å². The highest BCUT2D eigenvalue weighted by molar-refractivity contribution is 5.80. The van der Waals surface area contributed by atoms with E-state index in [1.165, 1.54) is 13.8 Å². The van der Waals surface area contributed by atoms with Crippen LogP contribution in [0.5, 0.6) is 0 Å². The molecular formula is C9H13F6NO2. The highest BCUT2D eigenvalue weighted by Crippen LogP contribution is 2.39. The number of carbonyl (C=O) groups excluding carboxylic acids is 1. The Morgan fingerprint density at radius 3 is 1.78 bits per heavy atom. The Labute approximate surface area is 99.2 Å². The molecule has 3 nitrogen and oxygen atoms in total. The average molecular weight is 281 g/mol. The number of aliphatic hydroxyl groups excluding tert-OH is 1. The summed E-state index contributed by atoms with van der Waals surface area (Å²) in [6.07, 6.45) is -11.4. The smallest absolute Gasteiger partial charge is 0.396 e. The molecule has 0 rings (SSSR count). The number of aliphatic hydroxyl groups is 1. The van der Waals surface area contributed by atoms with Gasteiger partial charge < -0.3 is 10.4 Å². The molecule has 0 saturated heterocycles. The van der Waals surface area contributed by atoms with Crippen molar-refractivity contribution >= 4 is 5.91 Å². The molecule has 0 aromatic rings. The van der Waals surface area contributed by atoms with Gasteiger partial charge in [-0.1, -0.05) is 13.8 Å². The summed E-state index contributed by atoms with van der Waals surface area (Å²) in [6, 6.07) is 0. The number of amides is 1. The van der Waals surface area contributed by atoms with Gasteiger partial charge in [0.05, 0.1) is 0 Å².